The topological polar surface area (TPSA) is 49.9 Å². The van der Waals surface area contributed by atoms with Crippen molar-refractivity contribution in [2.45, 2.75) is 39.2 Å². The summed E-state index contributed by atoms with van der Waals surface area (Å²) in [6.45, 7) is 6.67. The van der Waals surface area contributed by atoms with Gasteiger partial charge >= 0.3 is 6.09 Å². The number of amides is 2. The van der Waals surface area contributed by atoms with Gasteiger partial charge in [-0.15, -0.1) is 0 Å². The molecule has 1 atom stereocenters. The van der Waals surface area contributed by atoms with E-state index in [-0.39, 0.29) is 17.9 Å². The predicted molar refractivity (Wildman–Crippen MR) is 69.2 cm³/mol. The molecule has 0 radical (unpaired) electrons. The number of carbonyl (C=O) groups is 2. The largest absolute Gasteiger partial charge is 0.444 e. The molecule has 1 aliphatic rings. The number of ether oxygens (including phenoxy) is 1. The lowest BCUT2D eigenvalue weighted by molar-refractivity contribution is -0.134. The number of nitrogens with zero attached hydrogens (tertiary/aromatic N) is 2. The van der Waals surface area contributed by atoms with Crippen molar-refractivity contribution in [3.05, 3.63) is 0 Å². The summed E-state index contributed by atoms with van der Waals surface area (Å²) >= 11 is 0. The Bertz CT molecular complexity index is 321. The van der Waals surface area contributed by atoms with Crippen LogP contribution in [0.2, 0.25) is 0 Å². The third-order valence-corrected chi connectivity index (χ3v) is 2.86. The first-order valence-corrected chi connectivity index (χ1v) is 6.40. The van der Waals surface area contributed by atoms with Crippen molar-refractivity contribution in [2.24, 2.45) is 5.92 Å². The Kier molecular flexibility index (Phi) is 4.59. The summed E-state index contributed by atoms with van der Waals surface area (Å²) in [7, 11) is 3.49. The van der Waals surface area contributed by atoms with Gasteiger partial charge in [-0.1, -0.05) is 0 Å². The smallest absolute Gasteiger partial charge is 0.410 e. The van der Waals surface area contributed by atoms with Gasteiger partial charge in [-0.3, -0.25) is 4.79 Å². The van der Waals surface area contributed by atoms with Crippen molar-refractivity contribution in [1.82, 2.24) is 9.80 Å². The van der Waals surface area contributed by atoms with Crippen LogP contribution in [0, 0.1) is 5.92 Å². The number of rotatable bonds is 1. The third kappa shape index (κ3) is 4.20. The quantitative estimate of drug-likeness (QED) is 0.718. The van der Waals surface area contributed by atoms with Crippen LogP contribution in [0.4, 0.5) is 4.79 Å². The maximum absolute atomic E-state index is 11.9. The highest BCUT2D eigenvalue weighted by atomic mass is 16.6. The molecule has 2 amide bonds. The lowest BCUT2D eigenvalue weighted by atomic mass is 9.97. The highest BCUT2D eigenvalue weighted by Gasteiger charge is 2.31. The highest BCUT2D eigenvalue weighted by Crippen LogP contribution is 2.20. The molecule has 1 fully saturated rings. The van der Waals surface area contributed by atoms with Gasteiger partial charge in [-0.05, 0) is 33.6 Å². The second-order valence-electron chi connectivity index (χ2n) is 6.00. The summed E-state index contributed by atoms with van der Waals surface area (Å²) in [5.41, 5.74) is -0.490. The summed E-state index contributed by atoms with van der Waals surface area (Å²) in [5, 5.41) is 0. The molecule has 1 aliphatic heterocycles. The zero-order valence-electron chi connectivity index (χ0n) is 12.0. The Labute approximate surface area is 109 Å². The molecule has 5 heteroatoms. The molecule has 1 heterocycles. The molecule has 1 rings (SSSR count). The van der Waals surface area contributed by atoms with E-state index in [0.717, 1.165) is 12.8 Å². The monoisotopic (exact) mass is 256 g/mol. The summed E-state index contributed by atoms with van der Waals surface area (Å²) in [5.74, 6) is -0.00970. The molecule has 0 bridgehead atoms. The molecule has 104 valence electrons. The van der Waals surface area contributed by atoms with Crippen molar-refractivity contribution >= 4 is 12.0 Å². The summed E-state index contributed by atoms with van der Waals surface area (Å²) in [6.07, 6.45) is 1.37. The van der Waals surface area contributed by atoms with Crippen molar-refractivity contribution < 1.29 is 14.3 Å². The van der Waals surface area contributed by atoms with E-state index in [1.807, 2.05) is 20.8 Å². The van der Waals surface area contributed by atoms with Gasteiger partial charge in [0.15, 0.2) is 0 Å². The second kappa shape index (κ2) is 5.59. The normalized spacial score (nSPS) is 20.5. The van der Waals surface area contributed by atoms with Crippen molar-refractivity contribution in [3.63, 3.8) is 0 Å². The van der Waals surface area contributed by atoms with Crippen LogP contribution in [0.15, 0.2) is 0 Å². The fourth-order valence-electron chi connectivity index (χ4n) is 2.04. The molecule has 5 nitrogen and oxygen atoms in total. The molecule has 0 aromatic rings. The van der Waals surface area contributed by atoms with E-state index < -0.39 is 5.60 Å². The first-order valence-electron chi connectivity index (χ1n) is 6.40. The molecule has 1 unspecified atom stereocenters. The van der Waals surface area contributed by atoms with E-state index in [1.54, 1.807) is 23.9 Å². The molecule has 0 aromatic heterocycles. The lowest BCUT2D eigenvalue weighted by Gasteiger charge is -2.34. The number of likely N-dealkylation sites (tertiary alicyclic amines) is 1. The number of carbonyl (C=O) groups excluding carboxylic acids is 2. The zero-order chi connectivity index (χ0) is 13.9. The molecule has 0 aliphatic carbocycles. The lowest BCUT2D eigenvalue weighted by Crippen LogP contribution is -2.46. The van der Waals surface area contributed by atoms with Crippen LogP contribution in [0.1, 0.15) is 33.6 Å². The van der Waals surface area contributed by atoms with Gasteiger partial charge in [-0.2, -0.15) is 0 Å². The fourth-order valence-corrected chi connectivity index (χ4v) is 2.04. The minimum atomic E-state index is -0.490. The first-order chi connectivity index (χ1) is 8.20. The van der Waals surface area contributed by atoms with Crippen LogP contribution in [-0.2, 0) is 9.53 Å². The van der Waals surface area contributed by atoms with Gasteiger partial charge < -0.3 is 14.5 Å². The number of piperidine rings is 1. The van der Waals surface area contributed by atoms with Crippen LogP contribution >= 0.6 is 0 Å². The van der Waals surface area contributed by atoms with E-state index in [1.165, 1.54) is 0 Å². The van der Waals surface area contributed by atoms with Crippen LogP contribution < -0.4 is 0 Å². The predicted octanol–water partition coefficient (Wildman–Crippen LogP) is 1.72. The van der Waals surface area contributed by atoms with Gasteiger partial charge in [-0.25, -0.2) is 4.79 Å². The van der Waals surface area contributed by atoms with Crippen molar-refractivity contribution in [1.29, 1.82) is 0 Å². The minimum absolute atomic E-state index is 0.0864. The van der Waals surface area contributed by atoms with Crippen LogP contribution in [0.25, 0.3) is 0 Å². The van der Waals surface area contributed by atoms with E-state index >= 15 is 0 Å². The SMILES string of the molecule is CN(C)C(=O)C1CCCN(C(=O)OC(C)(C)C)C1. The molecule has 18 heavy (non-hydrogen) atoms. The summed E-state index contributed by atoms with van der Waals surface area (Å²) in [6, 6.07) is 0. The minimum Gasteiger partial charge on any atom is -0.444 e. The molecule has 0 spiro atoms. The highest BCUT2D eigenvalue weighted by molar-refractivity contribution is 5.79. The molecular weight excluding hydrogens is 232 g/mol. The molecular formula is C13H24N2O3. The Balaban J connectivity index is 2.59. The molecule has 0 N–H and O–H groups in total. The van der Waals surface area contributed by atoms with Crippen molar-refractivity contribution in [3.8, 4) is 0 Å². The third-order valence-electron chi connectivity index (χ3n) is 2.86. The Morgan fingerprint density at radius 2 is 1.89 bits per heavy atom. The van der Waals surface area contributed by atoms with Crippen LogP contribution in [0.3, 0.4) is 0 Å². The number of hydrogen-bond donors (Lipinski definition) is 0. The average molecular weight is 256 g/mol. The van der Waals surface area contributed by atoms with Crippen LogP contribution in [-0.4, -0.2) is 54.6 Å². The van der Waals surface area contributed by atoms with E-state index in [2.05, 4.69) is 0 Å². The Morgan fingerprint density at radius 3 is 2.39 bits per heavy atom. The molecule has 0 saturated carbocycles. The van der Waals surface area contributed by atoms with Gasteiger partial charge in [0.25, 0.3) is 0 Å². The standard InChI is InChI=1S/C13H24N2O3/c1-13(2,3)18-12(17)15-8-6-7-10(9-15)11(16)14(4)5/h10H,6-9H2,1-5H3. The number of hydrogen-bond acceptors (Lipinski definition) is 3. The van der Waals surface area contributed by atoms with Gasteiger partial charge in [0, 0.05) is 27.2 Å². The van der Waals surface area contributed by atoms with Gasteiger partial charge in [0.1, 0.15) is 5.60 Å². The molecule has 1 saturated heterocycles. The second-order valence-corrected chi connectivity index (χ2v) is 6.00. The average Bonchev–Trinajstić information content (AvgIpc) is 2.25. The maximum Gasteiger partial charge on any atom is 0.410 e. The maximum atomic E-state index is 11.9. The van der Waals surface area contributed by atoms with Gasteiger partial charge in [0.2, 0.25) is 5.91 Å². The van der Waals surface area contributed by atoms with E-state index in [9.17, 15) is 9.59 Å². The molecule has 0 aromatic carbocycles. The summed E-state index contributed by atoms with van der Waals surface area (Å²) < 4.78 is 5.33. The Hall–Kier alpha value is -1.26. The fraction of sp³-hybridized carbons (Fsp3) is 0.846. The summed E-state index contributed by atoms with van der Waals surface area (Å²) in [4.78, 5) is 27.1. The first kappa shape index (κ1) is 14.8. The van der Waals surface area contributed by atoms with E-state index in [4.69, 9.17) is 4.74 Å². The zero-order valence-corrected chi connectivity index (χ0v) is 12.0. The van der Waals surface area contributed by atoms with Gasteiger partial charge in [0.05, 0.1) is 5.92 Å². The Morgan fingerprint density at radius 1 is 1.28 bits per heavy atom. The van der Waals surface area contributed by atoms with Crippen LogP contribution in [0.5, 0.6) is 0 Å². The van der Waals surface area contributed by atoms with E-state index in [0.29, 0.717) is 13.1 Å². The van der Waals surface area contributed by atoms with Crippen molar-refractivity contribution in [2.75, 3.05) is 27.2 Å².